The number of thiophene rings is 1. The van der Waals surface area contributed by atoms with E-state index in [1.165, 1.54) is 6.07 Å². The fourth-order valence-corrected chi connectivity index (χ4v) is 9.00. The SMILES string of the molecule is CN1CCC[C@H]1COc1cc(N2C3CCC2CNC3)c2c3c(c(-c4ccc(F)c5sc(N)c(C#N)c45)c(Cl)c2n1)COC3. The third-order valence-electron chi connectivity index (χ3n) is 9.82. The molecule has 3 fully saturated rings. The number of rotatable bonds is 5. The van der Waals surface area contributed by atoms with Gasteiger partial charge < -0.3 is 30.3 Å². The molecule has 2 aromatic carbocycles. The predicted molar refractivity (Wildman–Crippen MR) is 168 cm³/mol. The Hall–Kier alpha value is -3.20. The summed E-state index contributed by atoms with van der Waals surface area (Å²) in [5.41, 5.74) is 11.6. The molecule has 3 atom stereocenters. The van der Waals surface area contributed by atoms with Crippen LogP contribution in [-0.2, 0) is 18.0 Å². The van der Waals surface area contributed by atoms with Gasteiger partial charge in [-0.25, -0.2) is 9.37 Å². The van der Waals surface area contributed by atoms with Crippen LogP contribution in [0.15, 0.2) is 18.2 Å². The number of piperazine rings is 1. The minimum Gasteiger partial charge on any atom is -0.476 e. The zero-order valence-electron chi connectivity index (χ0n) is 23.9. The van der Waals surface area contributed by atoms with Gasteiger partial charge in [-0.05, 0) is 62.0 Å². The van der Waals surface area contributed by atoms with Gasteiger partial charge in [0.05, 0.1) is 39.7 Å². The van der Waals surface area contributed by atoms with E-state index in [9.17, 15) is 5.26 Å². The minimum atomic E-state index is -0.413. The molecule has 4 aliphatic rings. The number of ether oxygens (including phenoxy) is 2. The van der Waals surface area contributed by atoms with Crippen molar-refractivity contribution < 1.29 is 13.9 Å². The van der Waals surface area contributed by atoms with E-state index in [1.807, 2.05) is 0 Å². The molecule has 2 unspecified atom stereocenters. The van der Waals surface area contributed by atoms with Crippen molar-refractivity contribution in [3.63, 3.8) is 0 Å². The minimum absolute atomic E-state index is 0.266. The number of benzene rings is 2. The quantitative estimate of drug-likeness (QED) is 0.289. The van der Waals surface area contributed by atoms with E-state index in [0.717, 1.165) is 84.4 Å². The Morgan fingerprint density at radius 1 is 1.21 bits per heavy atom. The molecule has 0 aliphatic carbocycles. The van der Waals surface area contributed by atoms with Crippen LogP contribution in [0.3, 0.4) is 0 Å². The highest BCUT2D eigenvalue weighted by Crippen LogP contribution is 2.51. The summed E-state index contributed by atoms with van der Waals surface area (Å²) in [7, 11) is 2.14. The van der Waals surface area contributed by atoms with Crippen molar-refractivity contribution in [2.75, 3.05) is 43.9 Å². The van der Waals surface area contributed by atoms with E-state index in [-0.39, 0.29) is 10.6 Å². The van der Waals surface area contributed by atoms with E-state index in [2.05, 4.69) is 34.3 Å². The molecule has 6 heterocycles. The highest BCUT2D eigenvalue weighted by Gasteiger charge is 2.39. The molecule has 4 aliphatic heterocycles. The van der Waals surface area contributed by atoms with Crippen LogP contribution < -0.4 is 20.7 Å². The van der Waals surface area contributed by atoms with Gasteiger partial charge >= 0.3 is 0 Å². The highest BCUT2D eigenvalue weighted by atomic mass is 35.5. The standard InChI is InChI=1S/C32H32ClFN6O2S/c1-39-8-2-3-18(39)13-42-25-9-24(40-16-4-5-17(40)12-37-11-16)28-22-15-41-14-21(22)26(29(33)30(28)38-25)19-6-7-23(34)31-27(19)20(10-35)32(36)43-31/h6-7,9,16-18,37H,2-5,8,11-15,36H2,1H3/t16?,17?,18-/m0/s1. The number of aromatic nitrogens is 1. The number of hydrogen-bond donors (Lipinski definition) is 2. The molecule has 3 N–H and O–H groups in total. The molecule has 2 aromatic heterocycles. The van der Waals surface area contributed by atoms with Crippen LogP contribution >= 0.6 is 22.9 Å². The normalized spacial score (nSPS) is 23.4. The lowest BCUT2D eigenvalue weighted by atomic mass is 9.90. The van der Waals surface area contributed by atoms with Gasteiger partial charge in [-0.15, -0.1) is 11.3 Å². The predicted octanol–water partition coefficient (Wildman–Crippen LogP) is 5.81. The van der Waals surface area contributed by atoms with E-state index in [4.69, 9.17) is 31.8 Å². The molecule has 4 aromatic rings. The Bertz CT molecular complexity index is 1820. The van der Waals surface area contributed by atoms with Gasteiger partial charge in [-0.3, -0.25) is 0 Å². The maximum absolute atomic E-state index is 15.0. The van der Waals surface area contributed by atoms with Crippen molar-refractivity contribution in [2.45, 2.75) is 57.0 Å². The van der Waals surface area contributed by atoms with Gasteiger partial charge in [0, 0.05) is 53.6 Å². The first kappa shape index (κ1) is 27.4. The second kappa shape index (κ2) is 10.5. The Morgan fingerprint density at radius 3 is 2.74 bits per heavy atom. The second-order valence-electron chi connectivity index (χ2n) is 12.1. The van der Waals surface area contributed by atoms with Crippen LogP contribution in [0.5, 0.6) is 5.88 Å². The van der Waals surface area contributed by atoms with Crippen LogP contribution in [0.1, 0.15) is 42.4 Å². The monoisotopic (exact) mass is 618 g/mol. The van der Waals surface area contributed by atoms with E-state index < -0.39 is 5.82 Å². The number of nitrogen functional groups attached to an aromatic ring is 1. The Balaban J connectivity index is 1.38. The topological polar surface area (TPSA) is 99.7 Å². The lowest BCUT2D eigenvalue weighted by Gasteiger charge is -2.38. The largest absolute Gasteiger partial charge is 0.476 e. The summed E-state index contributed by atoms with van der Waals surface area (Å²) in [6.45, 7) is 4.26. The molecule has 0 amide bonds. The molecule has 3 saturated heterocycles. The maximum Gasteiger partial charge on any atom is 0.216 e. The molecule has 8 nitrogen and oxygen atoms in total. The Kier molecular flexibility index (Phi) is 6.65. The molecule has 0 radical (unpaired) electrons. The first-order chi connectivity index (χ1) is 20.9. The molecular weight excluding hydrogens is 587 g/mol. The van der Waals surface area contributed by atoms with Crippen molar-refractivity contribution >= 4 is 54.6 Å². The van der Waals surface area contributed by atoms with E-state index >= 15 is 4.39 Å². The first-order valence-electron chi connectivity index (χ1n) is 14.9. The number of nitrogens with two attached hydrogens (primary N) is 1. The van der Waals surface area contributed by atoms with Gasteiger partial charge in [-0.1, -0.05) is 17.7 Å². The highest BCUT2D eigenvalue weighted by molar-refractivity contribution is 7.23. The average molecular weight is 619 g/mol. The number of fused-ring (bicyclic) bond motifs is 6. The third-order valence-corrected chi connectivity index (χ3v) is 11.2. The Labute approximate surface area is 258 Å². The lowest BCUT2D eigenvalue weighted by molar-refractivity contribution is 0.135. The summed E-state index contributed by atoms with van der Waals surface area (Å²) in [5, 5.41) is 15.8. The Morgan fingerprint density at radius 2 is 2.00 bits per heavy atom. The summed E-state index contributed by atoms with van der Waals surface area (Å²) in [4.78, 5) is 9.95. The zero-order valence-corrected chi connectivity index (χ0v) is 25.5. The van der Waals surface area contributed by atoms with Crippen molar-refractivity contribution in [3.05, 3.63) is 45.7 Å². The number of nitrogens with one attached hydrogen (secondary N) is 1. The molecule has 8 rings (SSSR count). The van der Waals surface area contributed by atoms with Crippen molar-refractivity contribution in [3.8, 4) is 23.1 Å². The van der Waals surface area contributed by atoms with Gasteiger partial charge in [0.2, 0.25) is 5.88 Å². The lowest BCUT2D eigenvalue weighted by Crippen LogP contribution is -2.52. The van der Waals surface area contributed by atoms with Gasteiger partial charge in [-0.2, -0.15) is 5.26 Å². The van der Waals surface area contributed by atoms with Crippen LogP contribution in [0.25, 0.3) is 32.1 Å². The summed E-state index contributed by atoms with van der Waals surface area (Å²) in [6, 6.07) is 8.51. The number of nitriles is 1. The number of hydrogen-bond acceptors (Lipinski definition) is 9. The third kappa shape index (κ3) is 4.20. The number of pyridine rings is 1. The number of likely N-dealkylation sites (N-methyl/N-ethyl adjacent to an activating group) is 1. The van der Waals surface area contributed by atoms with Crippen LogP contribution in [-0.4, -0.2) is 61.3 Å². The second-order valence-corrected chi connectivity index (χ2v) is 13.6. The molecule has 0 spiro atoms. The fourth-order valence-electron chi connectivity index (χ4n) is 7.70. The zero-order chi connectivity index (χ0) is 29.4. The molecule has 222 valence electrons. The summed E-state index contributed by atoms with van der Waals surface area (Å²) in [5.74, 6) is 0.137. The van der Waals surface area contributed by atoms with Gasteiger partial charge in [0.25, 0.3) is 0 Å². The summed E-state index contributed by atoms with van der Waals surface area (Å²) < 4.78 is 27.9. The van der Waals surface area contributed by atoms with Crippen LogP contribution in [0.4, 0.5) is 15.1 Å². The van der Waals surface area contributed by atoms with Crippen molar-refractivity contribution in [2.24, 2.45) is 0 Å². The maximum atomic E-state index is 15.0. The van der Waals surface area contributed by atoms with Gasteiger partial charge in [0.1, 0.15) is 23.5 Å². The summed E-state index contributed by atoms with van der Waals surface area (Å²) >= 11 is 8.49. The molecule has 2 bridgehead atoms. The molecular formula is C32H32ClFN6O2S. The fraction of sp³-hybridized carbons (Fsp3) is 0.438. The first-order valence-corrected chi connectivity index (χ1v) is 16.1. The molecule has 11 heteroatoms. The smallest absolute Gasteiger partial charge is 0.216 e. The average Bonchev–Trinajstić information content (AvgIpc) is 3.78. The number of halogens is 2. The van der Waals surface area contributed by atoms with Crippen molar-refractivity contribution in [1.82, 2.24) is 15.2 Å². The van der Waals surface area contributed by atoms with Gasteiger partial charge in [0.15, 0.2) is 0 Å². The molecule has 0 saturated carbocycles. The molecule has 43 heavy (non-hydrogen) atoms. The van der Waals surface area contributed by atoms with Crippen LogP contribution in [0.2, 0.25) is 5.02 Å². The van der Waals surface area contributed by atoms with E-state index in [1.54, 1.807) is 6.07 Å². The van der Waals surface area contributed by atoms with Crippen LogP contribution in [0, 0.1) is 17.1 Å². The van der Waals surface area contributed by atoms with Crippen molar-refractivity contribution in [1.29, 1.82) is 5.26 Å². The number of nitrogens with zero attached hydrogens (tertiary/aromatic N) is 4. The van der Waals surface area contributed by atoms with E-state index in [0.29, 0.717) is 70.0 Å². The summed E-state index contributed by atoms with van der Waals surface area (Å²) in [6.07, 6.45) is 4.51. The number of anilines is 2. The number of likely N-dealkylation sites (tertiary alicyclic amines) is 1.